The van der Waals surface area contributed by atoms with Crippen LogP contribution in [-0.2, 0) is 22.4 Å². The molecule has 2 aromatic heterocycles. The number of rotatable bonds is 4. The summed E-state index contributed by atoms with van der Waals surface area (Å²) in [5.41, 5.74) is 1.27. The molecular formula is C16H19ClN2O4. The van der Waals surface area contributed by atoms with Crippen LogP contribution in [0.4, 0.5) is 0 Å². The molecule has 124 valence electrons. The molecule has 1 amide bonds. The van der Waals surface area contributed by atoms with E-state index in [9.17, 15) is 4.79 Å². The summed E-state index contributed by atoms with van der Waals surface area (Å²) in [5, 5.41) is 3.96. The molecule has 3 heterocycles. The number of hydrogen-bond acceptors (Lipinski definition) is 5. The van der Waals surface area contributed by atoms with Gasteiger partial charge < -0.3 is 18.6 Å². The summed E-state index contributed by atoms with van der Waals surface area (Å²) in [6, 6.07) is 3.64. The van der Waals surface area contributed by atoms with E-state index in [-0.39, 0.29) is 23.6 Å². The fourth-order valence-corrected chi connectivity index (χ4v) is 2.95. The first-order valence-corrected chi connectivity index (χ1v) is 8.04. The number of halogens is 1. The van der Waals surface area contributed by atoms with Crippen molar-refractivity contribution < 1.29 is 18.5 Å². The van der Waals surface area contributed by atoms with E-state index < -0.39 is 0 Å². The van der Waals surface area contributed by atoms with Crippen molar-refractivity contribution in [3.8, 4) is 0 Å². The van der Waals surface area contributed by atoms with Crippen molar-refractivity contribution in [2.75, 3.05) is 19.8 Å². The van der Waals surface area contributed by atoms with Gasteiger partial charge in [0.25, 0.3) is 0 Å². The molecule has 0 saturated carbocycles. The first kappa shape index (κ1) is 16.1. The summed E-state index contributed by atoms with van der Waals surface area (Å²) in [4.78, 5) is 14.5. The zero-order valence-electron chi connectivity index (χ0n) is 13.2. The van der Waals surface area contributed by atoms with Gasteiger partial charge in [0.15, 0.2) is 0 Å². The average Bonchev–Trinajstić information content (AvgIpc) is 3.16. The number of aryl methyl sites for hydroxylation is 2. The standard InChI is InChI=1S/C16H19ClN2O4/c1-3-11-4-5-14(22-11)13-9-21-7-6-19(13)15(20)8-12-10(2)18-23-16(12)17/h4-5,13H,3,6-9H2,1-2H3/t13-/m0/s1. The molecule has 7 heteroatoms. The van der Waals surface area contributed by atoms with Gasteiger partial charge in [0.05, 0.1) is 25.3 Å². The monoisotopic (exact) mass is 338 g/mol. The van der Waals surface area contributed by atoms with E-state index in [0.717, 1.165) is 17.9 Å². The van der Waals surface area contributed by atoms with E-state index in [2.05, 4.69) is 5.16 Å². The van der Waals surface area contributed by atoms with Gasteiger partial charge in [0, 0.05) is 18.5 Å². The van der Waals surface area contributed by atoms with E-state index >= 15 is 0 Å². The van der Waals surface area contributed by atoms with Gasteiger partial charge in [-0.05, 0) is 30.7 Å². The number of carbonyl (C=O) groups excluding carboxylic acids is 1. The lowest BCUT2D eigenvalue weighted by Crippen LogP contribution is -2.44. The molecule has 1 saturated heterocycles. The highest BCUT2D eigenvalue weighted by Crippen LogP contribution is 2.28. The van der Waals surface area contributed by atoms with Gasteiger partial charge in [-0.25, -0.2) is 0 Å². The molecule has 1 aliphatic heterocycles. The largest absolute Gasteiger partial charge is 0.464 e. The number of aromatic nitrogens is 1. The third kappa shape index (κ3) is 3.28. The van der Waals surface area contributed by atoms with Crippen LogP contribution in [0.5, 0.6) is 0 Å². The zero-order chi connectivity index (χ0) is 16.4. The number of furan rings is 1. The molecule has 0 aromatic carbocycles. The molecule has 0 radical (unpaired) electrons. The van der Waals surface area contributed by atoms with Crippen LogP contribution in [-0.4, -0.2) is 35.7 Å². The Bertz CT molecular complexity index is 675. The van der Waals surface area contributed by atoms with Crippen LogP contribution >= 0.6 is 11.6 Å². The summed E-state index contributed by atoms with van der Waals surface area (Å²) in [6.45, 7) is 5.26. The van der Waals surface area contributed by atoms with Crippen LogP contribution in [0.1, 0.15) is 35.7 Å². The van der Waals surface area contributed by atoms with Crippen LogP contribution in [0, 0.1) is 6.92 Å². The topological polar surface area (TPSA) is 68.7 Å². The summed E-state index contributed by atoms with van der Waals surface area (Å²) < 4.78 is 16.3. The number of morpholine rings is 1. The Labute approximate surface area is 139 Å². The highest BCUT2D eigenvalue weighted by atomic mass is 35.5. The summed E-state index contributed by atoms with van der Waals surface area (Å²) >= 11 is 5.96. The van der Waals surface area contributed by atoms with Crippen LogP contribution < -0.4 is 0 Å². The van der Waals surface area contributed by atoms with Crippen LogP contribution in [0.2, 0.25) is 5.22 Å². The maximum atomic E-state index is 12.7. The minimum Gasteiger partial charge on any atom is -0.464 e. The van der Waals surface area contributed by atoms with E-state index in [1.165, 1.54) is 0 Å². The Morgan fingerprint density at radius 2 is 2.30 bits per heavy atom. The second kappa shape index (κ2) is 6.76. The first-order chi connectivity index (χ1) is 11.1. The van der Waals surface area contributed by atoms with Crippen molar-refractivity contribution in [2.45, 2.75) is 32.7 Å². The molecule has 1 aliphatic rings. The number of amides is 1. The Morgan fingerprint density at radius 3 is 2.96 bits per heavy atom. The molecule has 0 N–H and O–H groups in total. The highest BCUT2D eigenvalue weighted by molar-refractivity contribution is 6.29. The lowest BCUT2D eigenvalue weighted by Gasteiger charge is -2.34. The fourth-order valence-electron chi connectivity index (χ4n) is 2.71. The Hall–Kier alpha value is -1.79. The summed E-state index contributed by atoms with van der Waals surface area (Å²) in [5.74, 6) is 1.61. The molecule has 0 aliphatic carbocycles. The van der Waals surface area contributed by atoms with Gasteiger partial charge in [-0.1, -0.05) is 12.1 Å². The van der Waals surface area contributed by atoms with Crippen LogP contribution in [0.15, 0.2) is 21.1 Å². The Morgan fingerprint density at radius 1 is 1.48 bits per heavy atom. The predicted molar refractivity (Wildman–Crippen MR) is 83.3 cm³/mol. The normalized spacial score (nSPS) is 18.4. The molecule has 3 rings (SSSR count). The average molecular weight is 339 g/mol. The molecule has 0 unspecified atom stereocenters. The van der Waals surface area contributed by atoms with Gasteiger partial charge in [-0.15, -0.1) is 0 Å². The molecular weight excluding hydrogens is 320 g/mol. The SMILES string of the molecule is CCc1ccc([C@@H]2COCCN2C(=O)Cc2c(C)noc2Cl)o1. The van der Waals surface area contributed by atoms with Gasteiger partial charge in [-0.3, -0.25) is 4.79 Å². The second-order valence-electron chi connectivity index (χ2n) is 5.53. The Balaban J connectivity index is 1.79. The molecule has 6 nitrogen and oxygen atoms in total. The molecule has 0 bridgehead atoms. The minimum atomic E-state index is -0.213. The van der Waals surface area contributed by atoms with Crippen molar-refractivity contribution in [1.82, 2.24) is 10.1 Å². The van der Waals surface area contributed by atoms with Crippen molar-refractivity contribution in [2.24, 2.45) is 0 Å². The summed E-state index contributed by atoms with van der Waals surface area (Å²) in [6.07, 6.45) is 0.975. The fraction of sp³-hybridized carbons (Fsp3) is 0.500. The number of hydrogen-bond donors (Lipinski definition) is 0. The van der Waals surface area contributed by atoms with Gasteiger partial charge in [0.1, 0.15) is 17.6 Å². The van der Waals surface area contributed by atoms with Crippen molar-refractivity contribution in [3.05, 3.63) is 40.1 Å². The zero-order valence-corrected chi connectivity index (χ0v) is 13.9. The number of nitrogens with zero attached hydrogens (tertiary/aromatic N) is 2. The quantitative estimate of drug-likeness (QED) is 0.857. The third-order valence-corrected chi connectivity index (χ3v) is 4.37. The maximum Gasteiger partial charge on any atom is 0.229 e. The first-order valence-electron chi connectivity index (χ1n) is 7.66. The Kier molecular flexibility index (Phi) is 4.73. The van der Waals surface area contributed by atoms with E-state index in [0.29, 0.717) is 31.0 Å². The van der Waals surface area contributed by atoms with Crippen molar-refractivity contribution in [1.29, 1.82) is 0 Å². The van der Waals surface area contributed by atoms with Crippen molar-refractivity contribution >= 4 is 17.5 Å². The number of carbonyl (C=O) groups is 1. The highest BCUT2D eigenvalue weighted by Gasteiger charge is 2.31. The van der Waals surface area contributed by atoms with Gasteiger partial charge in [-0.2, -0.15) is 0 Å². The van der Waals surface area contributed by atoms with Crippen LogP contribution in [0.3, 0.4) is 0 Å². The van der Waals surface area contributed by atoms with E-state index in [4.69, 9.17) is 25.3 Å². The predicted octanol–water partition coefficient (Wildman–Crippen LogP) is 2.93. The molecule has 1 atom stereocenters. The second-order valence-corrected chi connectivity index (χ2v) is 5.88. The lowest BCUT2D eigenvalue weighted by molar-refractivity contribution is -0.140. The third-order valence-electron chi connectivity index (χ3n) is 4.07. The smallest absolute Gasteiger partial charge is 0.229 e. The molecule has 23 heavy (non-hydrogen) atoms. The maximum absolute atomic E-state index is 12.7. The van der Waals surface area contributed by atoms with Gasteiger partial charge in [0.2, 0.25) is 11.1 Å². The molecule has 2 aromatic rings. The lowest BCUT2D eigenvalue weighted by atomic mass is 10.1. The molecule has 0 spiro atoms. The van der Waals surface area contributed by atoms with E-state index in [1.54, 1.807) is 11.8 Å². The van der Waals surface area contributed by atoms with Crippen molar-refractivity contribution in [3.63, 3.8) is 0 Å². The summed E-state index contributed by atoms with van der Waals surface area (Å²) in [7, 11) is 0. The number of ether oxygens (including phenoxy) is 1. The molecule has 1 fully saturated rings. The van der Waals surface area contributed by atoms with E-state index in [1.807, 2.05) is 19.1 Å². The van der Waals surface area contributed by atoms with Crippen LogP contribution in [0.25, 0.3) is 0 Å². The van der Waals surface area contributed by atoms with Gasteiger partial charge >= 0.3 is 0 Å². The minimum absolute atomic E-state index is 0.0408.